The highest BCUT2D eigenvalue weighted by molar-refractivity contribution is 7.78. The average Bonchev–Trinajstić information content (AvgIpc) is 2.92. The van der Waals surface area contributed by atoms with E-state index in [0.717, 1.165) is 5.56 Å². The Balaban J connectivity index is 2.18. The third-order valence-electron chi connectivity index (χ3n) is 2.61. The minimum atomic E-state index is -0.137. The van der Waals surface area contributed by atoms with E-state index in [1.165, 1.54) is 0 Å². The predicted molar refractivity (Wildman–Crippen MR) is 76.9 cm³/mol. The van der Waals surface area contributed by atoms with Gasteiger partial charge in [-0.15, -0.1) is 0 Å². The van der Waals surface area contributed by atoms with Gasteiger partial charge in [0.15, 0.2) is 5.78 Å². The second kappa shape index (κ2) is 6.01. The molecule has 1 aliphatic rings. The topological polar surface area (TPSA) is 29.4 Å². The van der Waals surface area contributed by atoms with Gasteiger partial charge in [0.25, 0.3) is 0 Å². The lowest BCUT2D eigenvalue weighted by molar-refractivity contribution is -0.115. The summed E-state index contributed by atoms with van der Waals surface area (Å²) in [7, 11) is 0. The van der Waals surface area contributed by atoms with Gasteiger partial charge in [0.05, 0.1) is 16.8 Å². The van der Waals surface area contributed by atoms with Crippen LogP contribution in [0.2, 0.25) is 0 Å². The number of rotatable bonds is 4. The van der Waals surface area contributed by atoms with Gasteiger partial charge >= 0.3 is 0 Å². The van der Waals surface area contributed by atoms with E-state index in [2.05, 4.69) is 22.4 Å². The van der Waals surface area contributed by atoms with Crippen LogP contribution in [0.5, 0.6) is 0 Å². The molecule has 0 aliphatic heterocycles. The molecular formula is C15H11NOS. The number of aliphatic imine (C=N–C) groups is 1. The molecule has 18 heavy (non-hydrogen) atoms. The van der Waals surface area contributed by atoms with Crippen LogP contribution in [0.25, 0.3) is 6.08 Å². The number of carbonyl (C=O) groups is 1. The van der Waals surface area contributed by atoms with E-state index in [4.69, 9.17) is 0 Å². The summed E-state index contributed by atoms with van der Waals surface area (Å²) >= 11 is 4.59. The van der Waals surface area contributed by atoms with Crippen LogP contribution in [0.15, 0.2) is 59.6 Å². The Bertz CT molecular complexity index is 580. The number of carbonyl (C=O) groups excluding carboxylic acids is 1. The first-order valence-electron chi connectivity index (χ1n) is 5.55. The third-order valence-corrected chi connectivity index (χ3v) is 2.70. The SMILES string of the molecule is O=C(/C=C/c1ccccc1N=C=S)C1C=CC=C1. The van der Waals surface area contributed by atoms with E-state index in [1.807, 2.05) is 48.6 Å². The Hall–Kier alpha value is -2.09. The number of benzene rings is 1. The largest absolute Gasteiger partial charge is 0.294 e. The number of thiocarbonyl (C=S) groups is 1. The van der Waals surface area contributed by atoms with Crippen LogP contribution in [0, 0.1) is 5.92 Å². The number of nitrogens with zero attached hydrogens (tertiary/aromatic N) is 1. The van der Waals surface area contributed by atoms with E-state index < -0.39 is 0 Å². The summed E-state index contributed by atoms with van der Waals surface area (Å²) in [5.74, 6) is -0.0800. The smallest absolute Gasteiger partial charge is 0.166 e. The molecule has 0 bridgehead atoms. The van der Waals surface area contributed by atoms with Gasteiger partial charge in [0.2, 0.25) is 0 Å². The van der Waals surface area contributed by atoms with E-state index in [1.54, 1.807) is 12.2 Å². The molecule has 0 radical (unpaired) electrons. The normalized spacial score (nSPS) is 14.0. The molecule has 1 aromatic rings. The zero-order valence-corrected chi connectivity index (χ0v) is 10.4. The molecule has 1 aromatic carbocycles. The molecular weight excluding hydrogens is 242 g/mol. The summed E-state index contributed by atoms with van der Waals surface area (Å²) < 4.78 is 0. The van der Waals surface area contributed by atoms with Crippen molar-refractivity contribution in [2.24, 2.45) is 10.9 Å². The molecule has 2 nitrogen and oxygen atoms in total. The number of isothiocyanates is 1. The molecule has 88 valence electrons. The predicted octanol–water partition coefficient (Wildman–Crippen LogP) is 3.75. The zero-order valence-electron chi connectivity index (χ0n) is 9.61. The van der Waals surface area contributed by atoms with Crippen LogP contribution in [0.1, 0.15) is 5.56 Å². The molecule has 1 aliphatic carbocycles. The minimum absolute atomic E-state index is 0.0566. The summed E-state index contributed by atoms with van der Waals surface area (Å²) in [5, 5.41) is 2.33. The number of para-hydroxylation sites is 1. The molecule has 0 aromatic heterocycles. The molecule has 0 saturated carbocycles. The van der Waals surface area contributed by atoms with Gasteiger partial charge in [-0.3, -0.25) is 4.79 Å². The van der Waals surface area contributed by atoms with Crippen molar-refractivity contribution < 1.29 is 4.79 Å². The molecule has 0 atom stereocenters. The zero-order chi connectivity index (χ0) is 12.8. The molecule has 0 N–H and O–H groups in total. The van der Waals surface area contributed by atoms with E-state index >= 15 is 0 Å². The highest BCUT2D eigenvalue weighted by Gasteiger charge is 2.10. The van der Waals surface area contributed by atoms with Crippen LogP contribution in [-0.2, 0) is 4.79 Å². The molecule has 0 heterocycles. The maximum Gasteiger partial charge on any atom is 0.166 e. The Morgan fingerprint density at radius 1 is 1.28 bits per heavy atom. The second-order valence-electron chi connectivity index (χ2n) is 3.79. The number of allylic oxidation sites excluding steroid dienone is 5. The number of hydrogen-bond donors (Lipinski definition) is 0. The molecule has 0 saturated heterocycles. The van der Waals surface area contributed by atoms with Gasteiger partial charge in [-0.25, -0.2) is 0 Å². The monoisotopic (exact) mass is 253 g/mol. The second-order valence-corrected chi connectivity index (χ2v) is 3.98. The quantitative estimate of drug-likeness (QED) is 0.464. The summed E-state index contributed by atoms with van der Waals surface area (Å²) in [6.07, 6.45) is 10.8. The summed E-state index contributed by atoms with van der Waals surface area (Å²) in [6.45, 7) is 0. The average molecular weight is 253 g/mol. The fourth-order valence-electron chi connectivity index (χ4n) is 1.68. The van der Waals surface area contributed by atoms with Crippen molar-refractivity contribution in [3.63, 3.8) is 0 Å². The lowest BCUT2D eigenvalue weighted by Crippen LogP contribution is -2.03. The van der Waals surface area contributed by atoms with Crippen LogP contribution in [-0.4, -0.2) is 10.9 Å². The Labute approximate surface area is 111 Å². The first kappa shape index (κ1) is 12.4. The molecule has 0 unspecified atom stereocenters. The first-order chi connectivity index (χ1) is 8.81. The highest BCUT2D eigenvalue weighted by atomic mass is 32.1. The number of hydrogen-bond acceptors (Lipinski definition) is 3. The van der Waals surface area contributed by atoms with Crippen molar-refractivity contribution in [2.45, 2.75) is 0 Å². The first-order valence-corrected chi connectivity index (χ1v) is 5.96. The van der Waals surface area contributed by atoms with Crippen molar-refractivity contribution in [1.29, 1.82) is 0 Å². The van der Waals surface area contributed by atoms with E-state index in [9.17, 15) is 4.79 Å². The van der Waals surface area contributed by atoms with Gasteiger partial charge in [-0.1, -0.05) is 42.5 Å². The molecule has 0 amide bonds. The van der Waals surface area contributed by atoms with Crippen molar-refractivity contribution >= 4 is 34.9 Å². The van der Waals surface area contributed by atoms with Crippen molar-refractivity contribution in [1.82, 2.24) is 0 Å². The molecule has 2 rings (SSSR count). The van der Waals surface area contributed by atoms with E-state index in [0.29, 0.717) is 5.69 Å². The maximum atomic E-state index is 11.8. The molecule has 3 heteroatoms. The standard InChI is InChI=1S/C15H11NOS/c17-15(13-6-1-2-7-13)10-9-12-5-3-4-8-14(12)16-11-18/h1-10,13H/b10-9+. The summed E-state index contributed by atoms with van der Waals surface area (Å²) in [5.41, 5.74) is 1.57. The third kappa shape index (κ3) is 2.98. The van der Waals surface area contributed by atoms with Gasteiger partial charge in [0.1, 0.15) is 0 Å². The van der Waals surface area contributed by atoms with Crippen molar-refractivity contribution in [3.05, 3.63) is 60.2 Å². The van der Waals surface area contributed by atoms with Crippen LogP contribution in [0.3, 0.4) is 0 Å². The Morgan fingerprint density at radius 3 is 2.72 bits per heavy atom. The Kier molecular flexibility index (Phi) is 4.13. The molecule has 0 spiro atoms. The number of ketones is 1. The van der Waals surface area contributed by atoms with Gasteiger partial charge in [-0.2, -0.15) is 4.99 Å². The van der Waals surface area contributed by atoms with E-state index in [-0.39, 0.29) is 11.7 Å². The highest BCUT2D eigenvalue weighted by Crippen LogP contribution is 2.20. The van der Waals surface area contributed by atoms with Crippen molar-refractivity contribution in [2.75, 3.05) is 0 Å². The van der Waals surface area contributed by atoms with Gasteiger partial charge in [0, 0.05) is 5.56 Å². The summed E-state index contributed by atoms with van der Waals surface area (Å²) in [6, 6.07) is 7.48. The molecule has 0 fully saturated rings. The van der Waals surface area contributed by atoms with Gasteiger partial charge < -0.3 is 0 Å². The fourth-order valence-corrected chi connectivity index (χ4v) is 1.78. The maximum absolute atomic E-state index is 11.8. The van der Waals surface area contributed by atoms with Gasteiger partial charge in [-0.05, 0) is 30.4 Å². The lowest BCUT2D eigenvalue weighted by atomic mass is 10.0. The lowest BCUT2D eigenvalue weighted by Gasteiger charge is -2.00. The van der Waals surface area contributed by atoms with Crippen molar-refractivity contribution in [3.8, 4) is 0 Å². The van der Waals surface area contributed by atoms with Crippen LogP contribution < -0.4 is 0 Å². The fraction of sp³-hybridized carbons (Fsp3) is 0.0667. The van der Waals surface area contributed by atoms with Crippen LogP contribution >= 0.6 is 12.2 Å². The van der Waals surface area contributed by atoms with Crippen LogP contribution in [0.4, 0.5) is 5.69 Å². The summed E-state index contributed by atoms with van der Waals surface area (Å²) in [4.78, 5) is 15.8. The minimum Gasteiger partial charge on any atom is -0.294 e. The Morgan fingerprint density at radius 2 is 2.00 bits per heavy atom.